The lowest BCUT2D eigenvalue weighted by Gasteiger charge is -2.10. The van der Waals surface area contributed by atoms with Crippen LogP contribution in [0.3, 0.4) is 0 Å². The van der Waals surface area contributed by atoms with Gasteiger partial charge in [0.15, 0.2) is 18.1 Å². The van der Waals surface area contributed by atoms with Gasteiger partial charge in [0.1, 0.15) is 5.75 Å². The minimum Gasteiger partial charge on any atom is -0.493 e. The highest BCUT2D eigenvalue weighted by Crippen LogP contribution is 2.25. The number of methoxy groups -OCH3 is 1. The Morgan fingerprint density at radius 2 is 1.72 bits per heavy atom. The van der Waals surface area contributed by atoms with Crippen LogP contribution in [0.1, 0.15) is 21.5 Å². The molecular weight excluding hydrogens is 476 g/mol. The van der Waals surface area contributed by atoms with Gasteiger partial charge in [-0.2, -0.15) is 5.10 Å². The van der Waals surface area contributed by atoms with Crippen LogP contribution in [-0.2, 0) is 4.79 Å². The molecule has 0 aliphatic heterocycles. The van der Waals surface area contributed by atoms with Gasteiger partial charge in [-0.05, 0) is 48.9 Å². The van der Waals surface area contributed by atoms with Crippen molar-refractivity contribution >= 4 is 34.0 Å². The third-order valence-electron chi connectivity index (χ3n) is 4.36. The van der Waals surface area contributed by atoms with Crippen molar-refractivity contribution in [3.05, 3.63) is 87.9 Å². The van der Waals surface area contributed by atoms with E-state index in [4.69, 9.17) is 14.2 Å². The molecule has 0 fully saturated rings. The average molecular weight is 497 g/mol. The fourth-order valence-electron chi connectivity index (χ4n) is 2.76. The first-order valence-electron chi connectivity index (χ1n) is 9.63. The van der Waals surface area contributed by atoms with Crippen LogP contribution in [0.5, 0.6) is 17.2 Å². The predicted molar refractivity (Wildman–Crippen MR) is 125 cm³/mol. The van der Waals surface area contributed by atoms with Crippen molar-refractivity contribution in [2.45, 2.75) is 6.92 Å². The van der Waals surface area contributed by atoms with E-state index in [2.05, 4.69) is 26.5 Å². The molecule has 0 saturated carbocycles. The summed E-state index contributed by atoms with van der Waals surface area (Å²) in [6.45, 7) is 1.59. The highest BCUT2D eigenvalue weighted by atomic mass is 79.9. The number of benzene rings is 3. The number of para-hydroxylation sites is 2. The smallest absolute Gasteiger partial charge is 0.343 e. The maximum Gasteiger partial charge on any atom is 0.343 e. The Labute approximate surface area is 194 Å². The minimum absolute atomic E-state index is 0.245. The fourth-order valence-corrected chi connectivity index (χ4v) is 3.14. The fraction of sp³-hybridized carbons (Fsp3) is 0.125. The summed E-state index contributed by atoms with van der Waals surface area (Å²) in [5.74, 6) is 0.351. The van der Waals surface area contributed by atoms with E-state index in [1.54, 1.807) is 54.6 Å². The summed E-state index contributed by atoms with van der Waals surface area (Å²) in [4.78, 5) is 24.6. The van der Waals surface area contributed by atoms with Crippen molar-refractivity contribution in [2.24, 2.45) is 5.10 Å². The van der Waals surface area contributed by atoms with Gasteiger partial charge in [0.2, 0.25) is 0 Å². The molecule has 0 aliphatic rings. The molecule has 8 heteroatoms. The summed E-state index contributed by atoms with van der Waals surface area (Å²) in [5, 5.41) is 3.95. The average Bonchev–Trinajstić information content (AvgIpc) is 2.79. The Kier molecular flexibility index (Phi) is 7.99. The molecule has 0 unspecified atom stereocenters. The van der Waals surface area contributed by atoms with Gasteiger partial charge >= 0.3 is 5.97 Å². The highest BCUT2D eigenvalue weighted by Gasteiger charge is 2.13. The van der Waals surface area contributed by atoms with Gasteiger partial charge in [0.25, 0.3) is 5.91 Å². The zero-order valence-electron chi connectivity index (χ0n) is 17.5. The Hall–Kier alpha value is -3.65. The number of hydrazone groups is 1. The molecule has 1 amide bonds. The number of halogens is 1. The second kappa shape index (κ2) is 11.1. The Balaban J connectivity index is 1.64. The van der Waals surface area contributed by atoms with E-state index in [9.17, 15) is 9.59 Å². The first kappa shape index (κ1) is 23.0. The van der Waals surface area contributed by atoms with Gasteiger partial charge < -0.3 is 14.2 Å². The van der Waals surface area contributed by atoms with Crippen LogP contribution in [0, 0.1) is 6.92 Å². The van der Waals surface area contributed by atoms with E-state index in [-0.39, 0.29) is 6.61 Å². The largest absolute Gasteiger partial charge is 0.493 e. The number of carbonyl (C=O) groups is 2. The van der Waals surface area contributed by atoms with Crippen molar-refractivity contribution in [3.63, 3.8) is 0 Å². The molecule has 0 spiro atoms. The second-order valence-corrected chi connectivity index (χ2v) is 7.53. The molecular formula is C24H21BrN2O5. The quantitative estimate of drug-likeness (QED) is 0.214. The van der Waals surface area contributed by atoms with Crippen molar-refractivity contribution in [2.75, 3.05) is 13.7 Å². The summed E-state index contributed by atoms with van der Waals surface area (Å²) in [6.07, 6.45) is 1.40. The SMILES string of the molecule is COc1ccccc1OCC(=O)NN=Cc1cc(Br)ccc1OC(=O)c1ccccc1C. The maximum atomic E-state index is 12.6. The van der Waals surface area contributed by atoms with Gasteiger partial charge in [-0.15, -0.1) is 0 Å². The molecule has 0 bridgehead atoms. The number of rotatable bonds is 8. The van der Waals surface area contributed by atoms with E-state index in [1.807, 2.05) is 19.1 Å². The Bertz CT molecular complexity index is 1150. The lowest BCUT2D eigenvalue weighted by molar-refractivity contribution is -0.123. The normalized spacial score (nSPS) is 10.6. The van der Waals surface area contributed by atoms with Crippen LogP contribution in [-0.4, -0.2) is 31.8 Å². The molecule has 0 heterocycles. The number of ether oxygens (including phenoxy) is 3. The van der Waals surface area contributed by atoms with E-state index >= 15 is 0 Å². The summed E-state index contributed by atoms with van der Waals surface area (Å²) in [7, 11) is 1.52. The van der Waals surface area contributed by atoms with Gasteiger partial charge in [-0.1, -0.05) is 46.3 Å². The number of hydrogen-bond donors (Lipinski definition) is 1. The summed E-state index contributed by atoms with van der Waals surface area (Å²) in [6, 6.07) is 19.3. The van der Waals surface area contributed by atoms with Gasteiger partial charge in [-0.3, -0.25) is 4.79 Å². The number of nitrogens with one attached hydrogen (secondary N) is 1. The number of aryl methyl sites for hydroxylation is 1. The van der Waals surface area contributed by atoms with Crippen molar-refractivity contribution < 1.29 is 23.8 Å². The molecule has 0 atom stereocenters. The summed E-state index contributed by atoms with van der Waals surface area (Å²) >= 11 is 3.38. The van der Waals surface area contributed by atoms with E-state index < -0.39 is 11.9 Å². The summed E-state index contributed by atoms with van der Waals surface area (Å²) in [5.41, 5.74) is 4.18. The lowest BCUT2D eigenvalue weighted by atomic mass is 10.1. The first-order chi connectivity index (χ1) is 15.5. The van der Waals surface area contributed by atoms with E-state index in [1.165, 1.54) is 13.3 Å². The predicted octanol–water partition coefficient (Wildman–Crippen LogP) is 4.51. The number of nitrogens with zero attached hydrogens (tertiary/aromatic N) is 1. The molecule has 164 valence electrons. The molecule has 0 aliphatic carbocycles. The zero-order chi connectivity index (χ0) is 22.9. The number of hydrogen-bond acceptors (Lipinski definition) is 6. The van der Waals surface area contributed by atoms with Gasteiger partial charge in [0, 0.05) is 10.0 Å². The third-order valence-corrected chi connectivity index (χ3v) is 4.85. The molecule has 1 N–H and O–H groups in total. The van der Waals surface area contributed by atoms with Crippen LogP contribution < -0.4 is 19.6 Å². The monoisotopic (exact) mass is 496 g/mol. The van der Waals surface area contributed by atoms with Crippen LogP contribution in [0.4, 0.5) is 0 Å². The molecule has 32 heavy (non-hydrogen) atoms. The van der Waals surface area contributed by atoms with Crippen LogP contribution in [0.2, 0.25) is 0 Å². The second-order valence-electron chi connectivity index (χ2n) is 6.62. The number of amides is 1. The van der Waals surface area contributed by atoms with Gasteiger partial charge in [0.05, 0.1) is 18.9 Å². The highest BCUT2D eigenvalue weighted by molar-refractivity contribution is 9.10. The zero-order valence-corrected chi connectivity index (χ0v) is 19.1. The number of carbonyl (C=O) groups excluding carboxylic acids is 2. The van der Waals surface area contributed by atoms with E-state index in [0.29, 0.717) is 28.4 Å². The first-order valence-corrected chi connectivity index (χ1v) is 10.4. The molecule has 0 saturated heterocycles. The van der Waals surface area contributed by atoms with Crippen LogP contribution in [0.15, 0.2) is 76.3 Å². The molecule has 3 rings (SSSR count). The number of esters is 1. The molecule has 0 radical (unpaired) electrons. The lowest BCUT2D eigenvalue weighted by Crippen LogP contribution is -2.24. The molecule has 0 aromatic heterocycles. The Morgan fingerprint density at radius 3 is 2.47 bits per heavy atom. The molecule has 3 aromatic carbocycles. The standard InChI is InChI=1S/C24H21BrN2O5/c1-16-7-3-4-8-19(16)24(29)32-20-12-11-18(25)13-17(20)14-26-27-23(28)15-31-22-10-6-5-9-21(22)30-2/h3-14H,15H2,1-2H3,(H,27,28). The van der Waals surface area contributed by atoms with Crippen molar-refractivity contribution in [1.29, 1.82) is 0 Å². The minimum atomic E-state index is -0.477. The van der Waals surface area contributed by atoms with Gasteiger partial charge in [-0.25, -0.2) is 10.2 Å². The van der Waals surface area contributed by atoms with E-state index in [0.717, 1.165) is 10.0 Å². The van der Waals surface area contributed by atoms with Crippen LogP contribution >= 0.6 is 15.9 Å². The summed E-state index contributed by atoms with van der Waals surface area (Å²) < 4.78 is 17.0. The van der Waals surface area contributed by atoms with Crippen LogP contribution in [0.25, 0.3) is 0 Å². The molecule has 3 aromatic rings. The topological polar surface area (TPSA) is 86.2 Å². The maximum absolute atomic E-state index is 12.6. The third kappa shape index (κ3) is 6.18. The van der Waals surface area contributed by atoms with Crippen molar-refractivity contribution in [3.8, 4) is 17.2 Å². The van der Waals surface area contributed by atoms with Crippen molar-refractivity contribution in [1.82, 2.24) is 5.43 Å². The molecule has 7 nitrogen and oxygen atoms in total. The Morgan fingerprint density at radius 1 is 1.00 bits per heavy atom.